The zero-order valence-corrected chi connectivity index (χ0v) is 22.8. The van der Waals surface area contributed by atoms with Gasteiger partial charge in [-0.25, -0.2) is 8.42 Å². The van der Waals surface area contributed by atoms with Crippen molar-refractivity contribution in [2.75, 3.05) is 13.7 Å². The fourth-order valence-corrected chi connectivity index (χ4v) is 5.37. The van der Waals surface area contributed by atoms with Crippen molar-refractivity contribution in [3.8, 4) is 0 Å². The predicted molar refractivity (Wildman–Crippen MR) is 145 cm³/mol. The van der Waals surface area contributed by atoms with Crippen LogP contribution in [0.15, 0.2) is 107 Å². The average molecular weight is 555 g/mol. The first-order valence-electron chi connectivity index (χ1n) is 12.7. The molecule has 0 spiro atoms. The smallest absolute Gasteiger partial charge is 0.205 e. The van der Waals surface area contributed by atoms with Gasteiger partial charge in [-0.1, -0.05) is 78.9 Å². The summed E-state index contributed by atoms with van der Waals surface area (Å²) >= 11 is 0. The molecular formula is C30H34O8S. The fraction of sp³-hybridized carbons (Fsp3) is 0.333. The van der Waals surface area contributed by atoms with Gasteiger partial charge in [-0.3, -0.25) is 0 Å². The summed E-state index contributed by atoms with van der Waals surface area (Å²) in [5.41, 5.74) is 1.87. The molecule has 39 heavy (non-hydrogen) atoms. The van der Waals surface area contributed by atoms with Gasteiger partial charge in [0.05, 0.1) is 35.9 Å². The molecule has 1 aliphatic rings. The molecule has 1 fully saturated rings. The molecule has 0 saturated carbocycles. The summed E-state index contributed by atoms with van der Waals surface area (Å²) in [6.45, 7) is 1.55. The third-order valence-corrected chi connectivity index (χ3v) is 8.28. The lowest BCUT2D eigenvalue weighted by molar-refractivity contribution is -0.314. The van der Waals surface area contributed by atoms with E-state index >= 15 is 0 Å². The first-order valence-corrected chi connectivity index (χ1v) is 14.1. The summed E-state index contributed by atoms with van der Waals surface area (Å²) in [5.74, 6) is 0. The zero-order chi connectivity index (χ0) is 27.7. The second-order valence-corrected chi connectivity index (χ2v) is 11.3. The van der Waals surface area contributed by atoms with E-state index in [2.05, 4.69) is 0 Å². The van der Waals surface area contributed by atoms with E-state index in [4.69, 9.17) is 23.7 Å². The van der Waals surface area contributed by atoms with Crippen LogP contribution in [-0.2, 0) is 46.7 Å². The van der Waals surface area contributed by atoms with Gasteiger partial charge in [0.1, 0.15) is 18.3 Å². The number of aliphatic hydroxyl groups is 1. The van der Waals surface area contributed by atoms with Crippen molar-refractivity contribution in [1.29, 1.82) is 0 Å². The molecule has 1 saturated heterocycles. The zero-order valence-electron chi connectivity index (χ0n) is 22.0. The van der Waals surface area contributed by atoms with Crippen LogP contribution in [0.2, 0.25) is 0 Å². The first-order chi connectivity index (χ1) is 18.9. The molecule has 0 amide bonds. The van der Waals surface area contributed by atoms with Gasteiger partial charge in [0, 0.05) is 7.11 Å². The van der Waals surface area contributed by atoms with Gasteiger partial charge >= 0.3 is 0 Å². The molecule has 5 unspecified atom stereocenters. The molecule has 1 N–H and O–H groups in total. The van der Waals surface area contributed by atoms with Crippen LogP contribution in [0.1, 0.15) is 18.1 Å². The van der Waals surface area contributed by atoms with E-state index in [9.17, 15) is 13.5 Å². The predicted octanol–water partition coefficient (Wildman–Crippen LogP) is 4.24. The van der Waals surface area contributed by atoms with E-state index < -0.39 is 47.2 Å². The van der Waals surface area contributed by atoms with Crippen LogP contribution >= 0.6 is 0 Å². The third-order valence-electron chi connectivity index (χ3n) is 6.44. The molecule has 0 aromatic heterocycles. The Bertz CT molecular complexity index is 1280. The lowest BCUT2D eigenvalue weighted by atomic mass is 9.98. The molecule has 9 heteroatoms. The highest BCUT2D eigenvalue weighted by molar-refractivity contribution is 7.95. The number of ether oxygens (including phenoxy) is 5. The number of hydrogen-bond donors (Lipinski definition) is 1. The SMILES string of the molecule is COC1OC(CO)C(O/C=C(\C)S(=O)(=O)c2ccccc2)C(OCc2ccccc2)C1OCc1ccccc1. The van der Waals surface area contributed by atoms with Crippen LogP contribution in [0.5, 0.6) is 0 Å². The summed E-state index contributed by atoms with van der Waals surface area (Å²) in [6.07, 6.45) is -2.95. The van der Waals surface area contributed by atoms with Gasteiger partial charge in [-0.05, 0) is 30.2 Å². The number of benzene rings is 3. The Morgan fingerprint density at radius 1 is 0.821 bits per heavy atom. The van der Waals surface area contributed by atoms with Crippen LogP contribution in [0.3, 0.4) is 0 Å². The summed E-state index contributed by atoms with van der Waals surface area (Å²) in [6, 6.07) is 27.4. The highest BCUT2D eigenvalue weighted by atomic mass is 32.2. The Kier molecular flexibility index (Phi) is 10.3. The highest BCUT2D eigenvalue weighted by Crippen LogP contribution is 2.31. The van der Waals surface area contributed by atoms with Crippen LogP contribution in [-0.4, -0.2) is 57.9 Å². The minimum atomic E-state index is -3.78. The minimum absolute atomic E-state index is 0.00261. The second kappa shape index (κ2) is 13.8. The molecule has 1 heterocycles. The van der Waals surface area contributed by atoms with Crippen LogP contribution in [0.25, 0.3) is 0 Å². The fourth-order valence-electron chi connectivity index (χ4n) is 4.30. The molecule has 208 valence electrons. The number of aliphatic hydroxyl groups excluding tert-OH is 1. The van der Waals surface area contributed by atoms with Gasteiger partial charge in [-0.15, -0.1) is 0 Å². The van der Waals surface area contributed by atoms with Gasteiger partial charge in [-0.2, -0.15) is 0 Å². The van der Waals surface area contributed by atoms with Gasteiger partial charge in [0.2, 0.25) is 9.84 Å². The van der Waals surface area contributed by atoms with Gasteiger partial charge < -0.3 is 28.8 Å². The van der Waals surface area contributed by atoms with Crippen molar-refractivity contribution < 1.29 is 37.2 Å². The average Bonchev–Trinajstić information content (AvgIpc) is 2.99. The van der Waals surface area contributed by atoms with E-state index in [0.717, 1.165) is 11.1 Å². The molecule has 3 aromatic rings. The van der Waals surface area contributed by atoms with Crippen molar-refractivity contribution in [3.05, 3.63) is 113 Å². The van der Waals surface area contributed by atoms with Crippen LogP contribution in [0.4, 0.5) is 0 Å². The van der Waals surface area contributed by atoms with Crippen molar-refractivity contribution >= 4 is 9.84 Å². The number of methoxy groups -OCH3 is 1. The summed E-state index contributed by atoms with van der Waals surface area (Å²) in [7, 11) is -2.29. The standard InChI is InChI=1S/C30H34O8S/c1-22(39(32,33)25-16-10-5-11-17-25)19-35-27-26(18-31)38-30(34-2)29(37-21-24-14-8-4-9-15-24)28(27)36-20-23-12-6-3-7-13-23/h3-17,19,26-31H,18,20-21H2,1-2H3/b22-19+. The number of allylic oxidation sites excluding steroid dienone is 1. The van der Waals surface area contributed by atoms with Crippen molar-refractivity contribution in [2.45, 2.75) is 55.7 Å². The van der Waals surface area contributed by atoms with Crippen molar-refractivity contribution in [2.24, 2.45) is 0 Å². The first kappa shape index (κ1) is 28.9. The molecule has 3 aromatic carbocycles. The Balaban J connectivity index is 1.62. The summed E-state index contributed by atoms with van der Waals surface area (Å²) < 4.78 is 56.4. The van der Waals surface area contributed by atoms with Gasteiger partial charge in [0.25, 0.3) is 0 Å². The maximum absolute atomic E-state index is 13.1. The molecule has 1 aliphatic heterocycles. The number of rotatable bonds is 12. The van der Waals surface area contributed by atoms with Crippen molar-refractivity contribution in [1.82, 2.24) is 0 Å². The van der Waals surface area contributed by atoms with Crippen LogP contribution in [0, 0.1) is 0 Å². The van der Waals surface area contributed by atoms with E-state index in [-0.39, 0.29) is 23.0 Å². The van der Waals surface area contributed by atoms with Crippen molar-refractivity contribution in [3.63, 3.8) is 0 Å². The maximum Gasteiger partial charge on any atom is 0.205 e. The van der Waals surface area contributed by atoms with Gasteiger partial charge in [0.15, 0.2) is 12.4 Å². The Hall–Kier alpha value is -3.05. The lowest BCUT2D eigenvalue weighted by Gasteiger charge is -2.44. The highest BCUT2D eigenvalue weighted by Gasteiger charge is 2.49. The molecule has 8 nitrogen and oxygen atoms in total. The largest absolute Gasteiger partial charge is 0.491 e. The Morgan fingerprint density at radius 3 is 1.85 bits per heavy atom. The van der Waals surface area contributed by atoms with E-state index in [1.807, 2.05) is 60.7 Å². The third kappa shape index (κ3) is 7.33. The Morgan fingerprint density at radius 2 is 1.33 bits per heavy atom. The molecule has 0 aliphatic carbocycles. The molecular weight excluding hydrogens is 520 g/mol. The van der Waals surface area contributed by atoms with E-state index in [1.165, 1.54) is 32.4 Å². The molecule has 5 atom stereocenters. The molecule has 0 bridgehead atoms. The topological polar surface area (TPSA) is 101 Å². The number of sulfone groups is 1. The Labute approximate surface area is 229 Å². The quantitative estimate of drug-likeness (QED) is 0.332. The summed E-state index contributed by atoms with van der Waals surface area (Å²) in [5, 5.41) is 10.2. The van der Waals surface area contributed by atoms with E-state index in [0.29, 0.717) is 0 Å². The maximum atomic E-state index is 13.1. The molecule has 4 rings (SSSR count). The van der Waals surface area contributed by atoms with Crippen LogP contribution < -0.4 is 0 Å². The normalized spacial score (nSPS) is 23.9. The molecule has 0 radical (unpaired) electrons. The van der Waals surface area contributed by atoms with E-state index in [1.54, 1.807) is 18.2 Å². The minimum Gasteiger partial charge on any atom is -0.491 e. The second-order valence-electron chi connectivity index (χ2n) is 9.13. The summed E-state index contributed by atoms with van der Waals surface area (Å²) in [4.78, 5) is 0.157. The lowest BCUT2D eigenvalue weighted by Crippen LogP contribution is -2.61. The monoisotopic (exact) mass is 554 g/mol. The number of hydrogen-bond acceptors (Lipinski definition) is 8.